The highest BCUT2D eigenvalue weighted by atomic mass is 35.5. The van der Waals surface area contributed by atoms with E-state index in [0.29, 0.717) is 35.6 Å². The molecule has 0 bridgehead atoms. The number of nitrogens with zero attached hydrogens (tertiary/aromatic N) is 1. The van der Waals surface area contributed by atoms with Crippen LogP contribution in [0, 0.1) is 5.92 Å². The molecule has 21 heavy (non-hydrogen) atoms. The number of carboxylic acid groups (broad SMARTS) is 1. The highest BCUT2D eigenvalue weighted by Gasteiger charge is 2.39. The van der Waals surface area contributed by atoms with Crippen molar-refractivity contribution in [3.63, 3.8) is 0 Å². The Kier molecular flexibility index (Phi) is 4.73. The third-order valence-corrected chi connectivity index (χ3v) is 4.27. The lowest BCUT2D eigenvalue weighted by atomic mass is 9.89. The molecule has 0 aromatic heterocycles. The molecule has 0 radical (unpaired) electrons. The Morgan fingerprint density at radius 3 is 2.81 bits per heavy atom. The normalized spacial score (nSPS) is 22.8. The Morgan fingerprint density at radius 1 is 1.48 bits per heavy atom. The van der Waals surface area contributed by atoms with E-state index in [1.807, 2.05) is 0 Å². The topological polar surface area (TPSA) is 66.8 Å². The maximum atomic E-state index is 12.1. The average Bonchev–Trinajstić information content (AvgIpc) is 2.59. The number of methoxy groups -OCH3 is 1. The second-order valence-electron chi connectivity index (χ2n) is 5.14. The molecule has 1 saturated heterocycles. The zero-order valence-electron chi connectivity index (χ0n) is 12.0. The lowest BCUT2D eigenvalue weighted by Crippen LogP contribution is -2.36. The van der Waals surface area contributed by atoms with Crippen LogP contribution in [-0.2, 0) is 9.59 Å². The summed E-state index contributed by atoms with van der Waals surface area (Å²) in [5.74, 6) is -1.20. The van der Waals surface area contributed by atoms with Crippen LogP contribution in [0.3, 0.4) is 0 Å². The summed E-state index contributed by atoms with van der Waals surface area (Å²) in [6.45, 7) is 0. The third kappa shape index (κ3) is 2.97. The summed E-state index contributed by atoms with van der Waals surface area (Å²) in [6.07, 6.45) is 1.34. The van der Waals surface area contributed by atoms with Gasteiger partial charge in [0, 0.05) is 24.1 Å². The molecular weight excluding hydrogens is 294 g/mol. The second kappa shape index (κ2) is 6.35. The smallest absolute Gasteiger partial charge is 0.308 e. The summed E-state index contributed by atoms with van der Waals surface area (Å²) >= 11 is 6.27. The number of carboxylic acids is 1. The van der Waals surface area contributed by atoms with E-state index in [9.17, 15) is 14.7 Å². The van der Waals surface area contributed by atoms with E-state index >= 15 is 0 Å². The standard InChI is InChI=1S/C15H18ClNO4/c1-17-12(18)8-3-5-9(15(19)20)14(17)13-10(16)6-4-7-11(13)21-2/h4,6-7,9,14H,3,5,8H2,1-2H3,(H,19,20). The number of halogens is 1. The van der Waals surface area contributed by atoms with Crippen LogP contribution in [0.2, 0.25) is 5.02 Å². The monoisotopic (exact) mass is 311 g/mol. The molecule has 0 aliphatic carbocycles. The number of benzene rings is 1. The van der Waals surface area contributed by atoms with Crippen molar-refractivity contribution in [1.82, 2.24) is 4.90 Å². The van der Waals surface area contributed by atoms with Gasteiger partial charge in [-0.1, -0.05) is 17.7 Å². The third-order valence-electron chi connectivity index (χ3n) is 3.94. The van der Waals surface area contributed by atoms with Gasteiger partial charge >= 0.3 is 5.97 Å². The summed E-state index contributed by atoms with van der Waals surface area (Å²) < 4.78 is 5.32. The minimum absolute atomic E-state index is 0.0780. The highest BCUT2D eigenvalue weighted by Crippen LogP contribution is 2.42. The van der Waals surface area contributed by atoms with Crippen LogP contribution < -0.4 is 4.74 Å². The van der Waals surface area contributed by atoms with Gasteiger partial charge in [-0.05, 0) is 25.0 Å². The molecule has 1 fully saturated rings. The van der Waals surface area contributed by atoms with Gasteiger partial charge in [0.05, 0.1) is 19.1 Å². The lowest BCUT2D eigenvalue weighted by Gasteiger charge is -2.32. The van der Waals surface area contributed by atoms with Crippen molar-refractivity contribution >= 4 is 23.5 Å². The molecule has 2 rings (SSSR count). The molecule has 114 valence electrons. The van der Waals surface area contributed by atoms with Crippen molar-refractivity contribution in [2.24, 2.45) is 5.92 Å². The molecule has 1 aliphatic rings. The van der Waals surface area contributed by atoms with Gasteiger partial charge in [-0.2, -0.15) is 0 Å². The predicted molar refractivity (Wildman–Crippen MR) is 78.5 cm³/mol. The number of aliphatic carboxylic acids is 1. The molecule has 1 aliphatic heterocycles. The van der Waals surface area contributed by atoms with Crippen LogP contribution >= 0.6 is 11.6 Å². The Morgan fingerprint density at radius 2 is 2.19 bits per heavy atom. The summed E-state index contributed by atoms with van der Waals surface area (Å²) in [5.41, 5.74) is 0.562. The van der Waals surface area contributed by atoms with E-state index in [0.717, 1.165) is 0 Å². The van der Waals surface area contributed by atoms with Crippen molar-refractivity contribution in [2.75, 3.05) is 14.2 Å². The molecule has 1 heterocycles. The van der Waals surface area contributed by atoms with E-state index in [-0.39, 0.29) is 5.91 Å². The van der Waals surface area contributed by atoms with Crippen LogP contribution in [0.25, 0.3) is 0 Å². The number of hydrogen-bond donors (Lipinski definition) is 1. The number of amides is 1. The molecule has 5 nitrogen and oxygen atoms in total. The summed E-state index contributed by atoms with van der Waals surface area (Å²) in [5, 5.41) is 9.94. The van der Waals surface area contributed by atoms with E-state index in [4.69, 9.17) is 16.3 Å². The number of carbonyl (C=O) groups excluding carboxylic acids is 1. The molecule has 0 saturated carbocycles. The Bertz CT molecular complexity index is 561. The molecule has 1 aromatic carbocycles. The highest BCUT2D eigenvalue weighted by molar-refractivity contribution is 6.31. The van der Waals surface area contributed by atoms with Crippen LogP contribution in [0.15, 0.2) is 18.2 Å². The van der Waals surface area contributed by atoms with E-state index in [1.165, 1.54) is 12.0 Å². The largest absolute Gasteiger partial charge is 0.496 e. The molecule has 0 spiro atoms. The van der Waals surface area contributed by atoms with Gasteiger partial charge in [0.25, 0.3) is 0 Å². The minimum Gasteiger partial charge on any atom is -0.496 e. The van der Waals surface area contributed by atoms with Gasteiger partial charge in [0.15, 0.2) is 0 Å². The fourth-order valence-electron chi connectivity index (χ4n) is 2.87. The lowest BCUT2D eigenvalue weighted by molar-refractivity contribution is -0.145. The van der Waals surface area contributed by atoms with Gasteiger partial charge in [0.1, 0.15) is 5.75 Å². The van der Waals surface area contributed by atoms with Crippen LogP contribution in [0.1, 0.15) is 30.9 Å². The molecule has 2 unspecified atom stereocenters. The molecule has 6 heteroatoms. The Balaban J connectivity index is 2.59. The first kappa shape index (κ1) is 15.6. The van der Waals surface area contributed by atoms with Crippen molar-refractivity contribution in [3.05, 3.63) is 28.8 Å². The maximum Gasteiger partial charge on any atom is 0.308 e. The second-order valence-corrected chi connectivity index (χ2v) is 5.55. The first-order chi connectivity index (χ1) is 9.97. The van der Waals surface area contributed by atoms with Crippen LogP contribution in [-0.4, -0.2) is 36.0 Å². The molecule has 1 aromatic rings. The van der Waals surface area contributed by atoms with Gasteiger partial charge in [-0.3, -0.25) is 9.59 Å². The van der Waals surface area contributed by atoms with Crippen molar-refractivity contribution in [2.45, 2.75) is 25.3 Å². The van der Waals surface area contributed by atoms with Crippen molar-refractivity contribution in [1.29, 1.82) is 0 Å². The summed E-state index contributed by atoms with van der Waals surface area (Å²) in [6, 6.07) is 4.52. The van der Waals surface area contributed by atoms with E-state index in [2.05, 4.69) is 0 Å². The van der Waals surface area contributed by atoms with Gasteiger partial charge in [-0.15, -0.1) is 0 Å². The van der Waals surface area contributed by atoms with E-state index in [1.54, 1.807) is 25.2 Å². The number of rotatable bonds is 3. The Hall–Kier alpha value is -1.75. The molecule has 1 N–H and O–H groups in total. The molecule has 2 atom stereocenters. The average molecular weight is 312 g/mol. The molecular formula is C15H18ClNO4. The first-order valence-electron chi connectivity index (χ1n) is 6.78. The predicted octanol–water partition coefficient (Wildman–Crippen LogP) is 2.73. The number of hydrogen-bond acceptors (Lipinski definition) is 3. The van der Waals surface area contributed by atoms with Gasteiger partial charge < -0.3 is 14.7 Å². The zero-order chi connectivity index (χ0) is 15.6. The quantitative estimate of drug-likeness (QED) is 0.932. The molecule has 1 amide bonds. The van der Waals surface area contributed by atoms with Crippen molar-refractivity contribution < 1.29 is 19.4 Å². The van der Waals surface area contributed by atoms with Gasteiger partial charge in [-0.25, -0.2) is 0 Å². The minimum atomic E-state index is -0.927. The summed E-state index contributed by atoms with van der Waals surface area (Å²) in [7, 11) is 3.13. The number of ether oxygens (including phenoxy) is 1. The van der Waals surface area contributed by atoms with E-state index < -0.39 is 17.9 Å². The first-order valence-corrected chi connectivity index (χ1v) is 7.16. The van der Waals surface area contributed by atoms with Gasteiger partial charge in [0.2, 0.25) is 5.91 Å². The Labute approximate surface area is 128 Å². The summed E-state index contributed by atoms with van der Waals surface area (Å²) in [4.78, 5) is 25.2. The number of carbonyl (C=O) groups is 2. The van der Waals surface area contributed by atoms with Crippen LogP contribution in [0.5, 0.6) is 5.75 Å². The van der Waals surface area contributed by atoms with Crippen LogP contribution in [0.4, 0.5) is 0 Å². The van der Waals surface area contributed by atoms with Crippen molar-refractivity contribution in [3.8, 4) is 5.75 Å². The number of likely N-dealkylation sites (tertiary alicyclic amines) is 1. The maximum absolute atomic E-state index is 12.1. The SMILES string of the molecule is COc1cccc(Cl)c1C1C(C(=O)O)CCCC(=O)N1C. The fraction of sp³-hybridized carbons (Fsp3) is 0.467. The fourth-order valence-corrected chi connectivity index (χ4v) is 3.15. The zero-order valence-corrected chi connectivity index (χ0v) is 12.8.